The first-order valence-electron chi connectivity index (χ1n) is 8.39. The van der Waals surface area contributed by atoms with Gasteiger partial charge in [-0.15, -0.1) is 0 Å². The second kappa shape index (κ2) is 7.82. The zero-order chi connectivity index (χ0) is 18.5. The molecule has 0 unspecified atom stereocenters. The van der Waals surface area contributed by atoms with Crippen LogP contribution in [0.4, 0.5) is 5.69 Å². The summed E-state index contributed by atoms with van der Waals surface area (Å²) in [5, 5.41) is 6.89. The van der Waals surface area contributed by atoms with Gasteiger partial charge in [0.15, 0.2) is 0 Å². The number of nitrogens with zero attached hydrogens (tertiary/aromatic N) is 2. The lowest BCUT2D eigenvalue weighted by molar-refractivity contribution is -0.116. The van der Waals surface area contributed by atoms with Crippen molar-refractivity contribution < 1.29 is 14.1 Å². The van der Waals surface area contributed by atoms with Gasteiger partial charge in [0, 0.05) is 24.1 Å². The molecule has 0 aliphatic carbocycles. The summed E-state index contributed by atoms with van der Waals surface area (Å²) in [6.45, 7) is 4.00. The summed E-state index contributed by atoms with van der Waals surface area (Å²) >= 11 is 0. The molecule has 1 amide bonds. The van der Waals surface area contributed by atoms with Gasteiger partial charge in [-0.1, -0.05) is 22.9 Å². The summed E-state index contributed by atoms with van der Waals surface area (Å²) in [5.41, 5.74) is 3.86. The molecule has 0 aliphatic rings. The highest BCUT2D eigenvalue weighted by Gasteiger charge is 2.11. The first-order chi connectivity index (χ1) is 12.5. The standard InChI is InChI=1S/C20H21N3O3/c1-13-4-9-17(14(2)12-13)21-18(24)10-11-19-22-20(23-26-19)15-5-7-16(25-3)8-6-15/h4-9,12H,10-11H2,1-3H3,(H,21,24). The van der Waals surface area contributed by atoms with Gasteiger partial charge in [0.05, 0.1) is 7.11 Å². The topological polar surface area (TPSA) is 77.2 Å². The van der Waals surface area contributed by atoms with Crippen molar-refractivity contribution in [3.05, 3.63) is 59.5 Å². The summed E-state index contributed by atoms with van der Waals surface area (Å²) in [5.74, 6) is 1.62. The molecular formula is C20H21N3O3. The van der Waals surface area contributed by atoms with Crippen molar-refractivity contribution >= 4 is 11.6 Å². The number of hydrogen-bond acceptors (Lipinski definition) is 5. The molecule has 0 bridgehead atoms. The van der Waals surface area contributed by atoms with Crippen LogP contribution in [-0.4, -0.2) is 23.2 Å². The van der Waals surface area contributed by atoms with E-state index < -0.39 is 0 Å². The molecule has 2 aromatic carbocycles. The summed E-state index contributed by atoms with van der Waals surface area (Å²) in [6.07, 6.45) is 0.664. The molecule has 6 nitrogen and oxygen atoms in total. The van der Waals surface area contributed by atoms with Crippen LogP contribution in [0, 0.1) is 13.8 Å². The highest BCUT2D eigenvalue weighted by Crippen LogP contribution is 2.20. The number of amides is 1. The lowest BCUT2D eigenvalue weighted by Gasteiger charge is -2.08. The summed E-state index contributed by atoms with van der Waals surface area (Å²) < 4.78 is 10.4. The number of aromatic nitrogens is 2. The van der Waals surface area contributed by atoms with Gasteiger partial charge in [0.2, 0.25) is 17.6 Å². The number of ether oxygens (including phenoxy) is 1. The Balaban J connectivity index is 1.58. The van der Waals surface area contributed by atoms with E-state index in [9.17, 15) is 4.79 Å². The SMILES string of the molecule is COc1ccc(-c2noc(CCC(=O)Nc3ccc(C)cc3C)n2)cc1. The van der Waals surface area contributed by atoms with Crippen molar-refractivity contribution in [1.29, 1.82) is 0 Å². The fourth-order valence-corrected chi connectivity index (χ4v) is 2.60. The van der Waals surface area contributed by atoms with Crippen LogP contribution in [-0.2, 0) is 11.2 Å². The minimum atomic E-state index is -0.0823. The van der Waals surface area contributed by atoms with Crippen molar-refractivity contribution in [3.8, 4) is 17.1 Å². The van der Waals surface area contributed by atoms with Gasteiger partial charge in [0.25, 0.3) is 0 Å². The maximum absolute atomic E-state index is 12.2. The maximum atomic E-state index is 12.2. The fraction of sp³-hybridized carbons (Fsp3) is 0.250. The van der Waals surface area contributed by atoms with Gasteiger partial charge in [0.1, 0.15) is 5.75 Å². The van der Waals surface area contributed by atoms with Crippen molar-refractivity contribution in [2.45, 2.75) is 26.7 Å². The van der Waals surface area contributed by atoms with Crippen molar-refractivity contribution in [2.24, 2.45) is 0 Å². The van der Waals surface area contributed by atoms with Gasteiger partial charge in [-0.05, 0) is 49.7 Å². The van der Waals surface area contributed by atoms with Gasteiger partial charge in [-0.3, -0.25) is 4.79 Å². The summed E-state index contributed by atoms with van der Waals surface area (Å²) in [4.78, 5) is 16.5. The summed E-state index contributed by atoms with van der Waals surface area (Å²) in [6, 6.07) is 13.3. The second-order valence-electron chi connectivity index (χ2n) is 6.11. The lowest BCUT2D eigenvalue weighted by Crippen LogP contribution is -2.13. The van der Waals surface area contributed by atoms with E-state index in [0.29, 0.717) is 18.1 Å². The average molecular weight is 351 g/mol. The molecule has 0 radical (unpaired) electrons. The minimum Gasteiger partial charge on any atom is -0.497 e. The van der Waals surface area contributed by atoms with Crippen LogP contribution in [0.25, 0.3) is 11.4 Å². The van der Waals surface area contributed by atoms with Crippen LogP contribution in [0.1, 0.15) is 23.4 Å². The molecule has 0 fully saturated rings. The molecule has 1 N–H and O–H groups in total. The first kappa shape index (κ1) is 17.7. The molecule has 0 saturated carbocycles. The Morgan fingerprint density at radius 1 is 1.15 bits per heavy atom. The van der Waals surface area contributed by atoms with Crippen LogP contribution >= 0.6 is 0 Å². The molecule has 6 heteroatoms. The van der Waals surface area contributed by atoms with Gasteiger partial charge in [-0.25, -0.2) is 0 Å². The van der Waals surface area contributed by atoms with Crippen LogP contribution in [0.3, 0.4) is 0 Å². The number of anilines is 1. The molecule has 0 spiro atoms. The number of rotatable bonds is 6. The number of aryl methyl sites for hydroxylation is 3. The summed E-state index contributed by atoms with van der Waals surface area (Å²) in [7, 11) is 1.62. The van der Waals surface area contributed by atoms with Crippen molar-refractivity contribution in [1.82, 2.24) is 10.1 Å². The van der Waals surface area contributed by atoms with Crippen LogP contribution in [0.2, 0.25) is 0 Å². The van der Waals surface area contributed by atoms with Crippen molar-refractivity contribution in [2.75, 3.05) is 12.4 Å². The molecule has 1 aromatic heterocycles. The number of nitrogens with one attached hydrogen (secondary N) is 1. The van der Waals surface area contributed by atoms with E-state index in [-0.39, 0.29) is 12.3 Å². The van der Waals surface area contributed by atoms with Crippen LogP contribution in [0.15, 0.2) is 47.0 Å². The van der Waals surface area contributed by atoms with Crippen LogP contribution < -0.4 is 10.1 Å². The van der Waals surface area contributed by atoms with E-state index in [1.807, 2.05) is 56.3 Å². The second-order valence-corrected chi connectivity index (χ2v) is 6.11. The molecule has 3 rings (SSSR count). The van der Waals surface area contributed by atoms with E-state index in [1.54, 1.807) is 7.11 Å². The quantitative estimate of drug-likeness (QED) is 0.728. The Labute approximate surface area is 152 Å². The molecule has 26 heavy (non-hydrogen) atoms. The predicted octanol–water partition coefficient (Wildman–Crippen LogP) is 3.93. The zero-order valence-electron chi connectivity index (χ0n) is 15.1. The molecular weight excluding hydrogens is 330 g/mol. The average Bonchev–Trinajstić information content (AvgIpc) is 3.11. The molecule has 0 saturated heterocycles. The zero-order valence-corrected chi connectivity index (χ0v) is 15.1. The third-order valence-electron chi connectivity index (χ3n) is 4.04. The maximum Gasteiger partial charge on any atom is 0.227 e. The van der Waals surface area contributed by atoms with E-state index in [1.165, 1.54) is 0 Å². The largest absolute Gasteiger partial charge is 0.497 e. The van der Waals surface area contributed by atoms with E-state index in [4.69, 9.17) is 9.26 Å². The molecule has 0 aliphatic heterocycles. The smallest absolute Gasteiger partial charge is 0.227 e. The number of carbonyl (C=O) groups excluding carboxylic acids is 1. The van der Waals surface area contributed by atoms with Gasteiger partial charge in [-0.2, -0.15) is 4.98 Å². The molecule has 0 atom stereocenters. The third kappa shape index (κ3) is 4.27. The normalized spacial score (nSPS) is 10.6. The Kier molecular flexibility index (Phi) is 5.31. The monoisotopic (exact) mass is 351 g/mol. The van der Waals surface area contributed by atoms with Gasteiger partial charge >= 0.3 is 0 Å². The Bertz CT molecular complexity index is 901. The predicted molar refractivity (Wildman–Crippen MR) is 99.2 cm³/mol. The number of methoxy groups -OCH3 is 1. The van der Waals surface area contributed by atoms with E-state index >= 15 is 0 Å². The molecule has 3 aromatic rings. The highest BCUT2D eigenvalue weighted by molar-refractivity contribution is 5.91. The molecule has 134 valence electrons. The fourth-order valence-electron chi connectivity index (χ4n) is 2.60. The van der Waals surface area contributed by atoms with E-state index in [0.717, 1.165) is 28.1 Å². The third-order valence-corrected chi connectivity index (χ3v) is 4.04. The van der Waals surface area contributed by atoms with E-state index in [2.05, 4.69) is 15.5 Å². The van der Waals surface area contributed by atoms with Crippen LogP contribution in [0.5, 0.6) is 5.75 Å². The Morgan fingerprint density at radius 2 is 1.92 bits per heavy atom. The highest BCUT2D eigenvalue weighted by atomic mass is 16.5. The number of hydrogen-bond donors (Lipinski definition) is 1. The first-order valence-corrected chi connectivity index (χ1v) is 8.39. The van der Waals surface area contributed by atoms with Gasteiger partial charge < -0.3 is 14.6 Å². The van der Waals surface area contributed by atoms with Crippen molar-refractivity contribution in [3.63, 3.8) is 0 Å². The number of benzene rings is 2. The Morgan fingerprint density at radius 3 is 2.62 bits per heavy atom. The Hall–Kier alpha value is -3.15. The molecule has 1 heterocycles. The minimum absolute atomic E-state index is 0.0823. The number of carbonyl (C=O) groups is 1. The lowest BCUT2D eigenvalue weighted by atomic mass is 10.1.